The molecule has 2 aromatic heterocycles. The van der Waals surface area contributed by atoms with E-state index in [1.165, 1.54) is 0 Å². The van der Waals surface area contributed by atoms with Crippen molar-refractivity contribution in [3.63, 3.8) is 0 Å². The standard InChI is InChI=1S/C22H26N6O2S/c1-14-26-27-21(31-14)16-2-3-17-13-23-22(24-19(17)12-16)25-20(29)15-4-6-18(7-5-15)28-8-10-30-11-9-28/h2-3,12-13,15,18H,4-11H2,1H3,(H,23,24,25,29)/t15-,18-. The fraction of sp³-hybridized carbons (Fsp3) is 0.500. The predicted molar refractivity (Wildman–Crippen MR) is 120 cm³/mol. The van der Waals surface area contributed by atoms with Crippen LogP contribution >= 0.6 is 11.3 Å². The first-order valence-corrected chi connectivity index (χ1v) is 11.7. The molecule has 2 aliphatic rings. The number of ether oxygens (including phenoxy) is 1. The third kappa shape index (κ3) is 4.58. The fourth-order valence-electron chi connectivity index (χ4n) is 4.49. The molecule has 2 fully saturated rings. The maximum atomic E-state index is 12.8. The van der Waals surface area contributed by atoms with Crippen LogP contribution in [-0.4, -0.2) is 63.3 Å². The van der Waals surface area contributed by atoms with Gasteiger partial charge in [0, 0.05) is 42.2 Å². The molecule has 0 atom stereocenters. The molecule has 1 saturated heterocycles. The van der Waals surface area contributed by atoms with Gasteiger partial charge in [-0.1, -0.05) is 23.5 Å². The third-order valence-electron chi connectivity index (χ3n) is 6.22. The summed E-state index contributed by atoms with van der Waals surface area (Å²) in [4.78, 5) is 24.3. The smallest absolute Gasteiger partial charge is 0.229 e. The second kappa shape index (κ2) is 8.94. The van der Waals surface area contributed by atoms with Gasteiger partial charge >= 0.3 is 0 Å². The summed E-state index contributed by atoms with van der Waals surface area (Å²) in [7, 11) is 0. The number of aromatic nitrogens is 4. The monoisotopic (exact) mass is 438 g/mol. The number of anilines is 1. The van der Waals surface area contributed by atoms with E-state index >= 15 is 0 Å². The Bertz CT molecular complexity index is 1070. The highest BCUT2D eigenvalue weighted by Gasteiger charge is 2.30. The van der Waals surface area contributed by atoms with Crippen molar-refractivity contribution < 1.29 is 9.53 Å². The third-order valence-corrected chi connectivity index (χ3v) is 7.11. The van der Waals surface area contributed by atoms with Crippen LogP contribution in [-0.2, 0) is 9.53 Å². The molecule has 162 valence electrons. The lowest BCUT2D eigenvalue weighted by Crippen LogP contribution is -2.45. The average molecular weight is 439 g/mol. The lowest BCUT2D eigenvalue weighted by atomic mass is 9.84. The summed E-state index contributed by atoms with van der Waals surface area (Å²) in [6.07, 6.45) is 5.68. The summed E-state index contributed by atoms with van der Waals surface area (Å²) < 4.78 is 5.45. The Kier molecular flexibility index (Phi) is 5.89. The van der Waals surface area contributed by atoms with Crippen LogP contribution in [0.25, 0.3) is 21.5 Å². The summed E-state index contributed by atoms with van der Waals surface area (Å²) in [5.74, 6) is 0.404. The molecular weight excluding hydrogens is 412 g/mol. The molecule has 1 saturated carbocycles. The molecular formula is C22H26N6O2S. The molecule has 1 aliphatic heterocycles. The number of benzene rings is 1. The van der Waals surface area contributed by atoms with Crippen LogP contribution in [0, 0.1) is 12.8 Å². The number of morpholine rings is 1. The topological polar surface area (TPSA) is 93.1 Å². The van der Waals surface area contributed by atoms with Crippen molar-refractivity contribution in [1.29, 1.82) is 0 Å². The van der Waals surface area contributed by atoms with Crippen LogP contribution in [0.15, 0.2) is 24.4 Å². The minimum atomic E-state index is 0.0206. The number of nitrogens with zero attached hydrogens (tertiary/aromatic N) is 5. The molecule has 0 radical (unpaired) electrons. The van der Waals surface area contributed by atoms with E-state index in [4.69, 9.17) is 4.74 Å². The Balaban J connectivity index is 1.24. The molecule has 1 amide bonds. The van der Waals surface area contributed by atoms with Crippen molar-refractivity contribution in [2.45, 2.75) is 38.6 Å². The minimum Gasteiger partial charge on any atom is -0.379 e. The van der Waals surface area contributed by atoms with E-state index in [-0.39, 0.29) is 11.8 Å². The maximum absolute atomic E-state index is 12.8. The van der Waals surface area contributed by atoms with Gasteiger partial charge in [0.1, 0.15) is 10.0 Å². The highest BCUT2D eigenvalue weighted by molar-refractivity contribution is 7.14. The molecule has 8 nitrogen and oxygen atoms in total. The Labute approximate surface area is 185 Å². The molecule has 3 heterocycles. The number of carbonyl (C=O) groups is 1. The SMILES string of the molecule is Cc1nnc(-c2ccc3cnc(NC(=O)[C@H]4CC[C@H](N5CCOCC5)CC4)nc3c2)s1. The first-order valence-electron chi connectivity index (χ1n) is 10.9. The van der Waals surface area contributed by atoms with E-state index in [9.17, 15) is 4.79 Å². The summed E-state index contributed by atoms with van der Waals surface area (Å²) >= 11 is 1.55. The van der Waals surface area contributed by atoms with E-state index < -0.39 is 0 Å². The molecule has 0 spiro atoms. The summed E-state index contributed by atoms with van der Waals surface area (Å²) in [6, 6.07) is 6.52. The van der Waals surface area contributed by atoms with Gasteiger partial charge in [-0.3, -0.25) is 15.0 Å². The molecule has 31 heavy (non-hydrogen) atoms. The molecule has 1 aliphatic carbocycles. The van der Waals surface area contributed by atoms with Gasteiger partial charge < -0.3 is 4.74 Å². The number of rotatable bonds is 4. The van der Waals surface area contributed by atoms with E-state index in [1.807, 2.05) is 25.1 Å². The predicted octanol–water partition coefficient (Wildman–Crippen LogP) is 3.29. The number of aryl methyl sites for hydroxylation is 1. The molecule has 3 aromatic rings. The Hall–Kier alpha value is -2.49. The summed E-state index contributed by atoms with van der Waals surface area (Å²) in [6.45, 7) is 5.59. The van der Waals surface area contributed by atoms with Crippen LogP contribution in [0.2, 0.25) is 0 Å². The quantitative estimate of drug-likeness (QED) is 0.668. The van der Waals surface area contributed by atoms with Gasteiger partial charge in [-0.25, -0.2) is 9.97 Å². The van der Waals surface area contributed by atoms with Crippen LogP contribution in [0.4, 0.5) is 5.95 Å². The van der Waals surface area contributed by atoms with Gasteiger partial charge in [0.25, 0.3) is 0 Å². The van der Waals surface area contributed by atoms with Crippen molar-refractivity contribution in [2.24, 2.45) is 5.92 Å². The van der Waals surface area contributed by atoms with E-state index in [1.54, 1.807) is 17.5 Å². The van der Waals surface area contributed by atoms with Crippen molar-refractivity contribution in [3.05, 3.63) is 29.4 Å². The van der Waals surface area contributed by atoms with Crippen LogP contribution in [0.3, 0.4) is 0 Å². The number of hydrogen-bond donors (Lipinski definition) is 1. The molecule has 5 rings (SSSR count). The highest BCUT2D eigenvalue weighted by Crippen LogP contribution is 2.29. The van der Waals surface area contributed by atoms with Crippen molar-refractivity contribution in [3.8, 4) is 10.6 Å². The second-order valence-corrected chi connectivity index (χ2v) is 9.42. The van der Waals surface area contributed by atoms with Crippen molar-refractivity contribution in [2.75, 3.05) is 31.6 Å². The number of nitrogens with one attached hydrogen (secondary N) is 1. The zero-order valence-electron chi connectivity index (χ0n) is 17.6. The Morgan fingerprint density at radius 3 is 2.71 bits per heavy atom. The van der Waals surface area contributed by atoms with Gasteiger partial charge in [-0.15, -0.1) is 10.2 Å². The molecule has 9 heteroatoms. The molecule has 1 aromatic carbocycles. The van der Waals surface area contributed by atoms with E-state index in [0.717, 1.165) is 78.5 Å². The van der Waals surface area contributed by atoms with Crippen LogP contribution in [0.1, 0.15) is 30.7 Å². The fourth-order valence-corrected chi connectivity index (χ4v) is 5.18. The molecule has 1 N–H and O–H groups in total. The maximum Gasteiger partial charge on any atom is 0.229 e. The number of carbonyl (C=O) groups excluding carboxylic acids is 1. The normalized spacial score (nSPS) is 22.5. The largest absolute Gasteiger partial charge is 0.379 e. The number of amides is 1. The summed E-state index contributed by atoms with van der Waals surface area (Å²) in [5, 5.41) is 13.9. The van der Waals surface area contributed by atoms with Gasteiger partial charge in [0.05, 0.1) is 18.7 Å². The number of fused-ring (bicyclic) bond motifs is 1. The lowest BCUT2D eigenvalue weighted by molar-refractivity contribution is -0.121. The van der Waals surface area contributed by atoms with Gasteiger partial charge in [-0.05, 0) is 38.7 Å². The van der Waals surface area contributed by atoms with E-state index in [2.05, 4.69) is 30.4 Å². The zero-order chi connectivity index (χ0) is 21.2. The second-order valence-electron chi connectivity index (χ2n) is 8.24. The minimum absolute atomic E-state index is 0.0206. The molecule has 0 unspecified atom stereocenters. The Morgan fingerprint density at radius 2 is 1.97 bits per heavy atom. The lowest BCUT2D eigenvalue weighted by Gasteiger charge is -2.38. The first kappa shape index (κ1) is 20.4. The van der Waals surface area contributed by atoms with Crippen molar-refractivity contribution in [1.82, 2.24) is 25.1 Å². The van der Waals surface area contributed by atoms with Gasteiger partial charge in [-0.2, -0.15) is 0 Å². The van der Waals surface area contributed by atoms with Gasteiger partial charge in [0.2, 0.25) is 11.9 Å². The first-order chi connectivity index (χ1) is 15.2. The number of hydrogen-bond acceptors (Lipinski definition) is 8. The van der Waals surface area contributed by atoms with Crippen LogP contribution in [0.5, 0.6) is 0 Å². The average Bonchev–Trinajstić information content (AvgIpc) is 3.25. The van der Waals surface area contributed by atoms with Crippen molar-refractivity contribution >= 4 is 34.1 Å². The summed E-state index contributed by atoms with van der Waals surface area (Å²) in [5.41, 5.74) is 1.75. The zero-order valence-corrected chi connectivity index (χ0v) is 18.4. The Morgan fingerprint density at radius 1 is 1.16 bits per heavy atom. The molecule has 0 bridgehead atoms. The van der Waals surface area contributed by atoms with Gasteiger partial charge in [0.15, 0.2) is 0 Å². The van der Waals surface area contributed by atoms with E-state index in [0.29, 0.717) is 12.0 Å². The highest BCUT2D eigenvalue weighted by atomic mass is 32.1. The van der Waals surface area contributed by atoms with Crippen LogP contribution < -0.4 is 5.32 Å².